The van der Waals surface area contributed by atoms with Gasteiger partial charge in [-0.25, -0.2) is 15.1 Å². The summed E-state index contributed by atoms with van der Waals surface area (Å²) in [6.07, 6.45) is 2.28. The standard InChI is InChI=1S/C24H26Cl2N4O7S2/c25-15-3-1-2-14(7-15)24(34,4-5-31)18-9-20(38-22(18)26)21(33)17-10-28-12-29-23(17)30-16-6-13(19(32)8-16)11-37-39(27,35)36/h1-3,7,9-10,12-13,16,19,31-32,34H,4-6,8,11H2,(H2,27,35,36)(H,28,29,30)/t13-,16-,19+,24-/m1/s1. The van der Waals surface area contributed by atoms with Gasteiger partial charge >= 0.3 is 10.3 Å². The molecule has 1 aliphatic carbocycles. The number of thiophene rings is 1. The monoisotopic (exact) mass is 616 g/mol. The van der Waals surface area contributed by atoms with Crippen LogP contribution in [0.3, 0.4) is 0 Å². The second kappa shape index (κ2) is 12.1. The fourth-order valence-electron chi connectivity index (χ4n) is 4.62. The van der Waals surface area contributed by atoms with E-state index in [1.54, 1.807) is 24.3 Å². The van der Waals surface area contributed by atoms with E-state index in [4.69, 9.17) is 28.3 Å². The maximum atomic E-state index is 13.6. The lowest BCUT2D eigenvalue weighted by Crippen LogP contribution is -2.28. The third kappa shape index (κ3) is 6.93. The summed E-state index contributed by atoms with van der Waals surface area (Å²) in [5.41, 5.74) is -0.909. The van der Waals surface area contributed by atoms with Crippen LogP contribution in [-0.2, 0) is 20.1 Å². The van der Waals surface area contributed by atoms with Gasteiger partial charge in [0.1, 0.15) is 22.1 Å². The summed E-state index contributed by atoms with van der Waals surface area (Å²) in [6, 6.07) is 7.67. The zero-order valence-corrected chi connectivity index (χ0v) is 23.5. The molecule has 2 heterocycles. The molecular formula is C24H26Cl2N4O7S2. The Morgan fingerprint density at radius 3 is 2.74 bits per heavy atom. The summed E-state index contributed by atoms with van der Waals surface area (Å²) in [6.45, 7) is -0.622. The molecule has 3 aromatic rings. The molecule has 0 bridgehead atoms. The van der Waals surface area contributed by atoms with Gasteiger partial charge in [0.15, 0.2) is 0 Å². The number of hydrogen-bond donors (Lipinski definition) is 5. The zero-order chi connectivity index (χ0) is 28.4. The predicted octanol–water partition coefficient (Wildman–Crippen LogP) is 2.47. The molecule has 4 rings (SSSR count). The van der Waals surface area contributed by atoms with Gasteiger partial charge < -0.3 is 20.6 Å². The summed E-state index contributed by atoms with van der Waals surface area (Å²) in [4.78, 5) is 21.9. The predicted molar refractivity (Wildman–Crippen MR) is 146 cm³/mol. The number of ketones is 1. The van der Waals surface area contributed by atoms with Crippen molar-refractivity contribution in [2.24, 2.45) is 11.1 Å². The first-order chi connectivity index (χ1) is 18.4. The maximum Gasteiger partial charge on any atom is 0.333 e. The van der Waals surface area contributed by atoms with Gasteiger partial charge in [0.2, 0.25) is 5.78 Å². The van der Waals surface area contributed by atoms with E-state index in [-0.39, 0.29) is 58.3 Å². The van der Waals surface area contributed by atoms with Crippen molar-refractivity contribution in [3.05, 3.63) is 73.8 Å². The van der Waals surface area contributed by atoms with Gasteiger partial charge in [0, 0.05) is 41.8 Å². The maximum absolute atomic E-state index is 13.6. The highest BCUT2D eigenvalue weighted by Gasteiger charge is 2.37. The van der Waals surface area contributed by atoms with Gasteiger partial charge in [0.05, 0.1) is 23.2 Å². The highest BCUT2D eigenvalue weighted by atomic mass is 35.5. The Balaban J connectivity index is 1.58. The van der Waals surface area contributed by atoms with Gasteiger partial charge in [-0.2, -0.15) is 8.42 Å². The summed E-state index contributed by atoms with van der Waals surface area (Å²) in [7, 11) is -4.14. The largest absolute Gasteiger partial charge is 0.396 e. The molecule has 0 aliphatic heterocycles. The number of aromatic nitrogens is 2. The normalized spacial score (nSPS) is 21.0. The SMILES string of the molecule is NS(=O)(=O)OC[C@H]1C[C@@H](Nc2ncncc2C(=O)c2cc([C@@](O)(CCO)c3cccc(Cl)c3)c(Cl)s2)C[C@@H]1O. The summed E-state index contributed by atoms with van der Waals surface area (Å²) in [5.74, 6) is -0.732. The molecule has 1 aromatic carbocycles. The third-order valence-corrected chi connectivity index (χ3v) is 8.59. The van der Waals surface area contributed by atoms with E-state index in [1.165, 1.54) is 18.6 Å². The minimum Gasteiger partial charge on any atom is -0.396 e. The number of aliphatic hydroxyl groups excluding tert-OH is 2. The number of nitrogens with zero attached hydrogens (tertiary/aromatic N) is 2. The number of anilines is 1. The van der Waals surface area contributed by atoms with Gasteiger partial charge in [-0.3, -0.25) is 8.98 Å². The Hall–Kier alpha value is -2.20. The van der Waals surface area contributed by atoms with Crippen LogP contribution in [0.4, 0.5) is 5.82 Å². The Morgan fingerprint density at radius 2 is 2.05 bits per heavy atom. The molecule has 4 atom stereocenters. The smallest absolute Gasteiger partial charge is 0.333 e. The molecule has 1 saturated carbocycles. The van der Waals surface area contributed by atoms with Crippen LogP contribution in [0.15, 0.2) is 42.9 Å². The first-order valence-electron chi connectivity index (χ1n) is 11.8. The quantitative estimate of drug-likeness (QED) is 0.200. The highest BCUT2D eigenvalue weighted by Crippen LogP contribution is 2.42. The Morgan fingerprint density at radius 1 is 1.28 bits per heavy atom. The van der Waals surface area contributed by atoms with E-state index < -0.39 is 33.7 Å². The highest BCUT2D eigenvalue weighted by molar-refractivity contribution is 7.84. The summed E-state index contributed by atoms with van der Waals surface area (Å²) in [5, 5.41) is 40.0. The molecule has 6 N–H and O–H groups in total. The first-order valence-corrected chi connectivity index (χ1v) is 14.8. The van der Waals surface area contributed by atoms with Crippen LogP contribution in [0.2, 0.25) is 9.36 Å². The van der Waals surface area contributed by atoms with E-state index in [2.05, 4.69) is 19.5 Å². The molecule has 0 saturated heterocycles. The van der Waals surface area contributed by atoms with Gasteiger partial charge in [0.25, 0.3) is 0 Å². The number of carbonyl (C=O) groups is 1. The molecule has 210 valence electrons. The molecule has 0 spiro atoms. The average Bonchev–Trinajstić information content (AvgIpc) is 3.44. The van der Waals surface area contributed by atoms with Gasteiger partial charge in [-0.15, -0.1) is 11.3 Å². The van der Waals surface area contributed by atoms with E-state index in [0.717, 1.165) is 11.3 Å². The molecule has 0 radical (unpaired) electrons. The number of hydrogen-bond acceptors (Lipinski definition) is 11. The Labute approximate surface area is 238 Å². The second-order valence-corrected chi connectivity index (χ2v) is 12.5. The van der Waals surface area contributed by atoms with E-state index >= 15 is 0 Å². The second-order valence-electron chi connectivity index (χ2n) is 9.17. The van der Waals surface area contributed by atoms with Crippen molar-refractivity contribution in [2.75, 3.05) is 18.5 Å². The van der Waals surface area contributed by atoms with E-state index in [0.29, 0.717) is 17.0 Å². The van der Waals surface area contributed by atoms with Crippen molar-refractivity contribution >= 4 is 56.4 Å². The molecule has 1 fully saturated rings. The van der Waals surface area contributed by atoms with E-state index in [1.807, 2.05) is 0 Å². The number of rotatable bonds is 11. The molecule has 0 unspecified atom stereocenters. The van der Waals surface area contributed by atoms with Crippen molar-refractivity contribution in [1.29, 1.82) is 0 Å². The molecule has 0 amide bonds. The lowest BCUT2D eigenvalue weighted by atomic mass is 9.85. The van der Waals surface area contributed by atoms with Gasteiger partial charge in [-0.05, 0) is 36.6 Å². The van der Waals surface area contributed by atoms with Crippen molar-refractivity contribution in [2.45, 2.75) is 37.0 Å². The number of benzene rings is 1. The number of halogens is 2. The van der Waals surface area contributed by atoms with E-state index in [9.17, 15) is 28.5 Å². The van der Waals surface area contributed by atoms with Crippen LogP contribution < -0.4 is 10.5 Å². The van der Waals surface area contributed by atoms with Gasteiger partial charge in [-0.1, -0.05) is 35.3 Å². The molecule has 11 nitrogen and oxygen atoms in total. The minimum atomic E-state index is -4.14. The van der Waals surface area contributed by atoms with Crippen molar-refractivity contribution in [3.63, 3.8) is 0 Å². The van der Waals surface area contributed by atoms with Crippen molar-refractivity contribution in [1.82, 2.24) is 9.97 Å². The average molecular weight is 618 g/mol. The van der Waals surface area contributed by atoms with Crippen LogP contribution in [-0.4, -0.2) is 64.8 Å². The van der Waals surface area contributed by atoms with Crippen LogP contribution in [0, 0.1) is 5.92 Å². The summed E-state index contributed by atoms with van der Waals surface area (Å²) >= 11 is 13.6. The van der Waals surface area contributed by atoms with Crippen LogP contribution in [0.25, 0.3) is 0 Å². The molecule has 15 heteroatoms. The van der Waals surface area contributed by atoms with Crippen molar-refractivity contribution < 1.29 is 32.7 Å². The molecule has 39 heavy (non-hydrogen) atoms. The number of aliphatic hydroxyl groups is 3. The fraction of sp³-hybridized carbons (Fsp3) is 0.375. The first kappa shape index (κ1) is 29.8. The lowest BCUT2D eigenvalue weighted by molar-refractivity contribution is 0.0514. The topological polar surface area (TPSA) is 185 Å². The number of nitrogens with one attached hydrogen (secondary N) is 1. The molecule has 1 aliphatic rings. The fourth-order valence-corrected chi connectivity index (χ4v) is 6.55. The minimum absolute atomic E-state index is 0.0843. The van der Waals surface area contributed by atoms with Crippen LogP contribution in [0.5, 0.6) is 0 Å². The summed E-state index contributed by atoms with van der Waals surface area (Å²) < 4.78 is 27.0. The lowest BCUT2D eigenvalue weighted by Gasteiger charge is -2.28. The zero-order valence-electron chi connectivity index (χ0n) is 20.3. The molecular weight excluding hydrogens is 591 g/mol. The van der Waals surface area contributed by atoms with Crippen LogP contribution >= 0.6 is 34.5 Å². The molecule has 2 aromatic heterocycles. The third-order valence-electron chi connectivity index (χ3n) is 6.53. The Kier molecular flexibility index (Phi) is 9.26. The number of nitrogens with two attached hydrogens (primary N) is 1. The van der Waals surface area contributed by atoms with Crippen molar-refractivity contribution in [3.8, 4) is 0 Å². The Bertz CT molecular complexity index is 1460. The number of carbonyl (C=O) groups excluding carboxylic acids is 1. The van der Waals surface area contributed by atoms with Crippen LogP contribution in [0.1, 0.15) is 45.6 Å².